The number of urea groups is 1. The normalized spacial score (nSPS) is 21.0. The predicted molar refractivity (Wildman–Crippen MR) is 84.2 cm³/mol. The average Bonchev–Trinajstić information content (AvgIpc) is 2.95. The third kappa shape index (κ3) is 3.77. The number of hydrogen-bond acceptors (Lipinski definition) is 3. The van der Waals surface area contributed by atoms with Gasteiger partial charge < -0.3 is 15.3 Å². The number of aliphatic carboxylic acids is 1. The van der Waals surface area contributed by atoms with E-state index in [2.05, 4.69) is 5.32 Å². The maximum absolute atomic E-state index is 13.0. The molecule has 1 aliphatic heterocycles. The molecule has 24 heavy (non-hydrogen) atoms. The Morgan fingerprint density at radius 2 is 2.00 bits per heavy atom. The van der Waals surface area contributed by atoms with Crippen LogP contribution < -0.4 is 5.32 Å². The Labute approximate surface area is 141 Å². The van der Waals surface area contributed by atoms with E-state index in [1.54, 1.807) is 19.1 Å². The summed E-state index contributed by atoms with van der Waals surface area (Å²) in [6.07, 6.45) is -2.79. The van der Waals surface area contributed by atoms with Crippen LogP contribution in [0.25, 0.3) is 0 Å². The molecule has 0 aliphatic carbocycles. The molecular formula is C15H17F3N2O3S. The Balaban J connectivity index is 2.15. The van der Waals surface area contributed by atoms with Gasteiger partial charge in [0.1, 0.15) is 0 Å². The van der Waals surface area contributed by atoms with Gasteiger partial charge in [-0.2, -0.15) is 13.2 Å². The van der Waals surface area contributed by atoms with Gasteiger partial charge in [0.15, 0.2) is 0 Å². The second-order valence-corrected chi connectivity index (χ2v) is 6.41. The number of nitrogens with one attached hydrogen (secondary N) is 1. The maximum atomic E-state index is 13.0. The number of carbonyl (C=O) groups excluding carboxylic acids is 1. The van der Waals surface area contributed by atoms with Crippen LogP contribution in [-0.2, 0) is 4.79 Å². The summed E-state index contributed by atoms with van der Waals surface area (Å²) in [5.41, 5.74) is 1.30. The van der Waals surface area contributed by atoms with Crippen LogP contribution >= 0.6 is 11.8 Å². The van der Waals surface area contributed by atoms with Crippen molar-refractivity contribution in [1.82, 2.24) is 4.90 Å². The molecule has 0 aromatic heterocycles. The number of thioether (sulfide) groups is 1. The van der Waals surface area contributed by atoms with Gasteiger partial charge in [0.25, 0.3) is 0 Å². The van der Waals surface area contributed by atoms with Crippen LogP contribution in [-0.4, -0.2) is 47.5 Å². The van der Waals surface area contributed by atoms with Crippen LogP contribution in [0.3, 0.4) is 0 Å². The van der Waals surface area contributed by atoms with E-state index < -0.39 is 43.1 Å². The standard InChI is InChI=1S/C15H17F3N2O3S/c1-8-11(4-3-5-12(8)24-2)19-14(23)20-6-9(13(21)22)10(7-20)15(16,17)18/h3-5,9-10H,6-7H2,1-2H3,(H,19,23)(H,21,22)/t9-,10-/m1/s1. The molecule has 2 amide bonds. The molecule has 1 aromatic carbocycles. The number of likely N-dealkylation sites (tertiary alicyclic amines) is 1. The molecule has 1 saturated heterocycles. The number of nitrogens with zero attached hydrogens (tertiary/aromatic N) is 1. The van der Waals surface area contributed by atoms with E-state index in [1.807, 2.05) is 12.3 Å². The Kier molecular flexibility index (Phi) is 5.32. The van der Waals surface area contributed by atoms with Crippen LogP contribution in [0, 0.1) is 18.8 Å². The number of anilines is 1. The molecule has 0 unspecified atom stereocenters. The van der Waals surface area contributed by atoms with Crippen LogP contribution in [0.4, 0.5) is 23.7 Å². The lowest BCUT2D eigenvalue weighted by molar-refractivity contribution is -0.187. The molecule has 132 valence electrons. The molecule has 2 rings (SSSR count). The largest absolute Gasteiger partial charge is 0.481 e. The van der Waals surface area contributed by atoms with Gasteiger partial charge in [0, 0.05) is 23.7 Å². The molecule has 1 fully saturated rings. The number of benzene rings is 1. The molecule has 0 bridgehead atoms. The quantitative estimate of drug-likeness (QED) is 0.808. The van der Waals surface area contributed by atoms with Crippen LogP contribution in [0.5, 0.6) is 0 Å². The first kappa shape index (κ1) is 18.4. The lowest BCUT2D eigenvalue weighted by Crippen LogP contribution is -2.35. The summed E-state index contributed by atoms with van der Waals surface area (Å²) < 4.78 is 38.9. The fourth-order valence-corrected chi connectivity index (χ4v) is 3.35. The van der Waals surface area contributed by atoms with Gasteiger partial charge in [-0.1, -0.05) is 6.07 Å². The van der Waals surface area contributed by atoms with Gasteiger partial charge in [-0.25, -0.2) is 4.79 Å². The van der Waals surface area contributed by atoms with Gasteiger partial charge in [-0.3, -0.25) is 4.79 Å². The third-order valence-corrected chi connectivity index (χ3v) is 4.97. The van der Waals surface area contributed by atoms with E-state index >= 15 is 0 Å². The summed E-state index contributed by atoms with van der Waals surface area (Å²) in [7, 11) is 0. The Morgan fingerprint density at radius 3 is 2.50 bits per heavy atom. The molecule has 9 heteroatoms. The number of alkyl halides is 3. The van der Waals surface area contributed by atoms with Gasteiger partial charge in [0.2, 0.25) is 0 Å². The molecular weight excluding hydrogens is 345 g/mol. The van der Waals surface area contributed by atoms with E-state index in [9.17, 15) is 22.8 Å². The number of amides is 2. The summed E-state index contributed by atoms with van der Waals surface area (Å²) in [5.74, 6) is -5.25. The third-order valence-electron chi connectivity index (χ3n) is 4.09. The zero-order valence-electron chi connectivity index (χ0n) is 13.1. The van der Waals surface area contributed by atoms with Gasteiger partial charge in [-0.15, -0.1) is 11.8 Å². The van der Waals surface area contributed by atoms with Crippen molar-refractivity contribution in [2.24, 2.45) is 11.8 Å². The number of hydrogen-bond donors (Lipinski definition) is 2. The predicted octanol–water partition coefficient (Wildman–Crippen LogP) is 3.44. The van der Waals surface area contributed by atoms with Crippen molar-refractivity contribution < 1.29 is 27.9 Å². The van der Waals surface area contributed by atoms with Gasteiger partial charge >= 0.3 is 18.2 Å². The summed E-state index contributed by atoms with van der Waals surface area (Å²) in [4.78, 5) is 25.2. The van der Waals surface area contributed by atoms with Crippen molar-refractivity contribution in [2.45, 2.75) is 18.0 Å². The Morgan fingerprint density at radius 1 is 1.33 bits per heavy atom. The minimum atomic E-state index is -4.66. The smallest absolute Gasteiger partial charge is 0.394 e. The first-order valence-corrected chi connectivity index (χ1v) is 8.36. The van der Waals surface area contributed by atoms with E-state index in [4.69, 9.17) is 5.11 Å². The zero-order valence-corrected chi connectivity index (χ0v) is 13.9. The van der Waals surface area contributed by atoms with Gasteiger partial charge in [0.05, 0.1) is 11.8 Å². The fraction of sp³-hybridized carbons (Fsp3) is 0.467. The molecule has 0 radical (unpaired) electrons. The van der Waals surface area contributed by atoms with Crippen LogP contribution in [0.15, 0.2) is 23.1 Å². The van der Waals surface area contributed by atoms with Crippen LogP contribution in [0.1, 0.15) is 5.56 Å². The minimum absolute atomic E-state index is 0.466. The highest BCUT2D eigenvalue weighted by Crippen LogP contribution is 2.38. The van der Waals surface area contributed by atoms with Crippen molar-refractivity contribution in [3.8, 4) is 0 Å². The van der Waals surface area contributed by atoms with Crippen molar-refractivity contribution >= 4 is 29.4 Å². The van der Waals surface area contributed by atoms with E-state index in [0.717, 1.165) is 15.4 Å². The highest BCUT2D eigenvalue weighted by molar-refractivity contribution is 7.98. The number of carboxylic acid groups (broad SMARTS) is 1. The summed E-state index contributed by atoms with van der Waals surface area (Å²) in [6.45, 7) is 0.671. The molecule has 5 nitrogen and oxygen atoms in total. The van der Waals surface area contributed by atoms with Crippen molar-refractivity contribution in [1.29, 1.82) is 0 Å². The highest BCUT2D eigenvalue weighted by Gasteiger charge is 2.53. The molecule has 0 spiro atoms. The minimum Gasteiger partial charge on any atom is -0.481 e. The summed E-state index contributed by atoms with van der Waals surface area (Å²) >= 11 is 1.49. The summed E-state index contributed by atoms with van der Waals surface area (Å²) in [5, 5.41) is 11.6. The second-order valence-electron chi connectivity index (χ2n) is 5.56. The zero-order chi connectivity index (χ0) is 18.1. The second kappa shape index (κ2) is 6.92. The molecule has 1 aliphatic rings. The number of carboxylic acids is 1. The number of carbonyl (C=O) groups is 2. The van der Waals surface area contributed by atoms with Crippen molar-refractivity contribution in [2.75, 3.05) is 24.7 Å². The van der Waals surface area contributed by atoms with E-state index in [-0.39, 0.29) is 0 Å². The van der Waals surface area contributed by atoms with Crippen LogP contribution in [0.2, 0.25) is 0 Å². The molecule has 1 aromatic rings. The SMILES string of the molecule is CSc1cccc(NC(=O)N2C[C@@H](C(F)(F)F)[C@H](C(=O)O)C2)c1C. The van der Waals surface area contributed by atoms with E-state index in [1.165, 1.54) is 11.8 Å². The molecule has 1 heterocycles. The van der Waals surface area contributed by atoms with Gasteiger partial charge in [-0.05, 0) is 30.9 Å². The lowest BCUT2D eigenvalue weighted by Gasteiger charge is -2.19. The monoisotopic (exact) mass is 362 g/mol. The van der Waals surface area contributed by atoms with Crippen molar-refractivity contribution in [3.05, 3.63) is 23.8 Å². The maximum Gasteiger partial charge on any atom is 0.394 e. The molecule has 2 atom stereocenters. The summed E-state index contributed by atoms with van der Waals surface area (Å²) in [6, 6.07) is 4.52. The Bertz CT molecular complexity index is 651. The topological polar surface area (TPSA) is 69.6 Å². The average molecular weight is 362 g/mol. The Hall–Kier alpha value is -1.90. The first-order chi connectivity index (χ1) is 11.1. The highest BCUT2D eigenvalue weighted by atomic mass is 32.2. The molecule has 2 N–H and O–H groups in total. The first-order valence-electron chi connectivity index (χ1n) is 7.14. The van der Waals surface area contributed by atoms with Crippen molar-refractivity contribution in [3.63, 3.8) is 0 Å². The fourth-order valence-electron chi connectivity index (χ4n) is 2.72. The number of halogens is 3. The van der Waals surface area contributed by atoms with E-state index in [0.29, 0.717) is 5.69 Å². The number of rotatable bonds is 3. The molecule has 0 saturated carbocycles. The lowest BCUT2D eigenvalue weighted by atomic mass is 9.96.